The van der Waals surface area contributed by atoms with E-state index in [0.29, 0.717) is 13.0 Å². The van der Waals surface area contributed by atoms with Gasteiger partial charge in [-0.25, -0.2) is 4.79 Å². The van der Waals surface area contributed by atoms with Crippen LogP contribution in [0.1, 0.15) is 56.4 Å². The Labute approximate surface area is 168 Å². The number of fused-ring (bicyclic) bond motifs is 1. The van der Waals surface area contributed by atoms with Gasteiger partial charge >= 0.3 is 5.97 Å². The van der Waals surface area contributed by atoms with Crippen LogP contribution in [0.3, 0.4) is 0 Å². The topological polar surface area (TPSA) is 104 Å². The van der Waals surface area contributed by atoms with E-state index in [1.807, 2.05) is 13.0 Å². The molecular formula is C22H22N2O5. The van der Waals surface area contributed by atoms with Gasteiger partial charge < -0.3 is 10.4 Å². The summed E-state index contributed by atoms with van der Waals surface area (Å²) in [5.74, 6) is -2.55. The number of carboxylic acid groups (broad SMARTS) is 1. The lowest BCUT2D eigenvalue weighted by atomic mass is 10.0. The number of aliphatic carboxylic acids is 1. The van der Waals surface area contributed by atoms with Crippen molar-refractivity contribution in [3.8, 4) is 0 Å². The summed E-state index contributed by atoms with van der Waals surface area (Å²) in [5.41, 5.74) is 1.36. The third-order valence-electron chi connectivity index (χ3n) is 4.85. The molecule has 0 saturated carbocycles. The minimum atomic E-state index is -1.15. The van der Waals surface area contributed by atoms with Crippen LogP contribution in [-0.2, 0) is 11.2 Å². The fraction of sp³-hybridized carbons (Fsp3) is 0.273. The summed E-state index contributed by atoms with van der Waals surface area (Å²) in [7, 11) is 0. The van der Waals surface area contributed by atoms with E-state index in [4.69, 9.17) is 0 Å². The molecule has 0 bridgehead atoms. The maximum absolute atomic E-state index is 12.6. The SMILES string of the molecule is CCCCN1C(=O)c2ccc(C(=O)N[C@@H](Cc3ccccc3)C(=O)O)cc2C1=O. The number of carbonyl (C=O) groups excluding carboxylic acids is 3. The lowest BCUT2D eigenvalue weighted by Crippen LogP contribution is -2.42. The first-order valence-electron chi connectivity index (χ1n) is 9.50. The number of imide groups is 1. The van der Waals surface area contributed by atoms with Gasteiger partial charge in [-0.1, -0.05) is 43.7 Å². The molecule has 1 atom stereocenters. The number of amides is 3. The summed E-state index contributed by atoms with van der Waals surface area (Å²) in [6.07, 6.45) is 1.69. The molecule has 7 heteroatoms. The van der Waals surface area contributed by atoms with E-state index in [-0.39, 0.29) is 29.0 Å². The van der Waals surface area contributed by atoms with E-state index in [9.17, 15) is 24.3 Å². The Hall–Kier alpha value is -3.48. The van der Waals surface area contributed by atoms with Crippen molar-refractivity contribution in [2.75, 3.05) is 6.54 Å². The van der Waals surface area contributed by atoms with Gasteiger partial charge in [0, 0.05) is 18.5 Å². The Balaban J connectivity index is 1.77. The van der Waals surface area contributed by atoms with E-state index in [0.717, 1.165) is 12.0 Å². The molecular weight excluding hydrogens is 372 g/mol. The number of nitrogens with zero attached hydrogens (tertiary/aromatic N) is 1. The fourth-order valence-electron chi connectivity index (χ4n) is 3.24. The molecule has 29 heavy (non-hydrogen) atoms. The van der Waals surface area contributed by atoms with Crippen LogP contribution in [0.2, 0.25) is 0 Å². The lowest BCUT2D eigenvalue weighted by molar-refractivity contribution is -0.139. The largest absolute Gasteiger partial charge is 0.480 e. The molecule has 0 saturated heterocycles. The average molecular weight is 394 g/mol. The number of carboxylic acids is 1. The van der Waals surface area contributed by atoms with Crippen LogP contribution in [0, 0.1) is 0 Å². The smallest absolute Gasteiger partial charge is 0.326 e. The summed E-state index contributed by atoms with van der Waals surface area (Å²) in [5, 5.41) is 12.0. The predicted molar refractivity (Wildman–Crippen MR) is 106 cm³/mol. The monoisotopic (exact) mass is 394 g/mol. The van der Waals surface area contributed by atoms with Crippen LogP contribution < -0.4 is 5.32 Å². The van der Waals surface area contributed by atoms with Gasteiger partial charge in [0.1, 0.15) is 6.04 Å². The van der Waals surface area contributed by atoms with Crippen LogP contribution in [0.5, 0.6) is 0 Å². The zero-order valence-electron chi connectivity index (χ0n) is 16.1. The van der Waals surface area contributed by atoms with Crippen molar-refractivity contribution in [3.05, 3.63) is 70.8 Å². The molecule has 1 aliphatic heterocycles. The highest BCUT2D eigenvalue weighted by Gasteiger charge is 2.35. The summed E-state index contributed by atoms with van der Waals surface area (Å²) in [6.45, 7) is 2.30. The summed E-state index contributed by atoms with van der Waals surface area (Å²) >= 11 is 0. The highest BCUT2D eigenvalue weighted by Crippen LogP contribution is 2.24. The molecule has 0 fully saturated rings. The van der Waals surface area contributed by atoms with Gasteiger partial charge in [-0.05, 0) is 30.2 Å². The maximum Gasteiger partial charge on any atom is 0.326 e. The molecule has 3 amide bonds. The van der Waals surface area contributed by atoms with Gasteiger partial charge in [0.05, 0.1) is 11.1 Å². The molecule has 0 spiro atoms. The molecule has 1 heterocycles. The fourth-order valence-corrected chi connectivity index (χ4v) is 3.24. The van der Waals surface area contributed by atoms with E-state index >= 15 is 0 Å². The summed E-state index contributed by atoms with van der Waals surface area (Å²) < 4.78 is 0. The molecule has 7 nitrogen and oxygen atoms in total. The van der Waals surface area contributed by atoms with Crippen LogP contribution in [0.15, 0.2) is 48.5 Å². The van der Waals surface area contributed by atoms with Gasteiger partial charge in [-0.15, -0.1) is 0 Å². The zero-order chi connectivity index (χ0) is 21.0. The predicted octanol–water partition coefficient (Wildman–Crippen LogP) is 2.51. The van der Waals surface area contributed by atoms with Crippen LogP contribution in [0.25, 0.3) is 0 Å². The van der Waals surface area contributed by atoms with E-state index in [1.165, 1.54) is 23.1 Å². The first-order valence-corrected chi connectivity index (χ1v) is 9.50. The lowest BCUT2D eigenvalue weighted by Gasteiger charge is -2.15. The second kappa shape index (κ2) is 8.68. The second-order valence-electron chi connectivity index (χ2n) is 6.93. The third kappa shape index (κ3) is 4.34. The maximum atomic E-state index is 12.6. The first kappa shape index (κ1) is 20.3. The zero-order valence-corrected chi connectivity index (χ0v) is 16.1. The number of benzene rings is 2. The molecule has 2 aromatic carbocycles. The first-order chi connectivity index (χ1) is 13.9. The van der Waals surface area contributed by atoms with Crippen molar-refractivity contribution in [1.82, 2.24) is 10.2 Å². The van der Waals surface area contributed by atoms with Crippen LogP contribution in [0.4, 0.5) is 0 Å². The molecule has 2 N–H and O–H groups in total. The van der Waals surface area contributed by atoms with Crippen molar-refractivity contribution in [2.24, 2.45) is 0 Å². The second-order valence-corrected chi connectivity index (χ2v) is 6.93. The average Bonchev–Trinajstić information content (AvgIpc) is 2.96. The highest BCUT2D eigenvalue weighted by atomic mass is 16.4. The van der Waals surface area contributed by atoms with Gasteiger partial charge in [0.2, 0.25) is 0 Å². The molecule has 0 aliphatic carbocycles. The Morgan fingerprint density at radius 2 is 1.72 bits per heavy atom. The summed E-state index contributed by atoms with van der Waals surface area (Å²) in [4.78, 5) is 50.3. The normalized spacial score (nSPS) is 13.9. The Morgan fingerprint density at radius 3 is 2.38 bits per heavy atom. The van der Waals surface area contributed by atoms with E-state index in [1.54, 1.807) is 24.3 Å². The number of unbranched alkanes of at least 4 members (excludes halogenated alkanes) is 1. The number of rotatable bonds is 8. The van der Waals surface area contributed by atoms with E-state index < -0.39 is 23.8 Å². The molecule has 1 aliphatic rings. The van der Waals surface area contributed by atoms with E-state index in [2.05, 4.69) is 5.32 Å². The number of hydrogen-bond donors (Lipinski definition) is 2. The third-order valence-corrected chi connectivity index (χ3v) is 4.85. The van der Waals surface area contributed by atoms with Crippen molar-refractivity contribution in [3.63, 3.8) is 0 Å². The Morgan fingerprint density at radius 1 is 1.03 bits per heavy atom. The quantitative estimate of drug-likeness (QED) is 0.670. The Kier molecular flexibility index (Phi) is 6.07. The molecule has 0 unspecified atom stereocenters. The van der Waals surface area contributed by atoms with Gasteiger partial charge in [-0.2, -0.15) is 0 Å². The molecule has 3 rings (SSSR count). The van der Waals surface area contributed by atoms with Gasteiger partial charge in [0.15, 0.2) is 0 Å². The molecule has 2 aromatic rings. The molecule has 150 valence electrons. The number of carbonyl (C=O) groups is 4. The van der Waals surface area contributed by atoms with Crippen molar-refractivity contribution in [2.45, 2.75) is 32.2 Å². The standard InChI is InChI=1S/C22H22N2O5/c1-2-3-11-24-20(26)16-10-9-15(13-17(16)21(24)27)19(25)23-18(22(28)29)12-14-7-5-4-6-8-14/h4-10,13,18H,2-3,11-12H2,1H3,(H,23,25)(H,28,29)/t18-/m0/s1. The number of nitrogens with one attached hydrogen (secondary N) is 1. The molecule has 0 aromatic heterocycles. The summed E-state index contributed by atoms with van der Waals surface area (Å²) in [6, 6.07) is 12.1. The van der Waals surface area contributed by atoms with Crippen LogP contribution in [-0.4, -0.2) is 46.3 Å². The van der Waals surface area contributed by atoms with Crippen molar-refractivity contribution < 1.29 is 24.3 Å². The highest BCUT2D eigenvalue weighted by molar-refractivity contribution is 6.22. The molecule has 0 radical (unpaired) electrons. The Bertz CT molecular complexity index is 955. The van der Waals surface area contributed by atoms with Gasteiger partial charge in [0.25, 0.3) is 17.7 Å². The van der Waals surface area contributed by atoms with Crippen molar-refractivity contribution >= 4 is 23.7 Å². The van der Waals surface area contributed by atoms with Crippen LogP contribution >= 0.6 is 0 Å². The van der Waals surface area contributed by atoms with Crippen molar-refractivity contribution in [1.29, 1.82) is 0 Å². The minimum absolute atomic E-state index is 0.134. The van der Waals surface area contributed by atoms with Gasteiger partial charge in [-0.3, -0.25) is 19.3 Å². The number of hydrogen-bond acceptors (Lipinski definition) is 4. The minimum Gasteiger partial charge on any atom is -0.480 e.